The van der Waals surface area contributed by atoms with Gasteiger partial charge in [-0.2, -0.15) is 0 Å². The molecule has 0 aliphatic carbocycles. The molecule has 0 heterocycles. The highest BCUT2D eigenvalue weighted by atomic mass is 16.5. The second kappa shape index (κ2) is 7.84. The fraction of sp³-hybridized carbons (Fsp3) is 0.500. The van der Waals surface area contributed by atoms with Crippen LogP contribution in [0.25, 0.3) is 0 Å². The number of carbonyl (C=O) groups excluding carboxylic acids is 1. The molecule has 0 saturated heterocycles. The summed E-state index contributed by atoms with van der Waals surface area (Å²) in [6, 6.07) is 6.59. The molecule has 1 rings (SSSR count). The lowest BCUT2D eigenvalue weighted by Crippen LogP contribution is -2.44. The quantitative estimate of drug-likeness (QED) is 0.635. The number of hydrogen-bond donors (Lipinski definition) is 3. The molecule has 6 heteroatoms. The van der Waals surface area contributed by atoms with E-state index in [1.807, 2.05) is 0 Å². The minimum Gasteiger partial charge on any atom is -0.399 e. The highest BCUT2D eigenvalue weighted by Crippen LogP contribution is 2.11. The minimum absolute atomic E-state index is 0.137. The van der Waals surface area contributed by atoms with Gasteiger partial charge in [0, 0.05) is 25.0 Å². The molecule has 112 valence electrons. The largest absolute Gasteiger partial charge is 0.399 e. The lowest BCUT2D eigenvalue weighted by Gasteiger charge is -2.25. The van der Waals surface area contributed by atoms with Gasteiger partial charge in [0.15, 0.2) is 0 Å². The molecule has 4 N–H and O–H groups in total. The fourth-order valence-corrected chi connectivity index (χ4v) is 1.75. The zero-order valence-electron chi connectivity index (χ0n) is 12.2. The SMILES string of the molecule is COCC(O)CN(C)C(C)C(=O)Nc1ccc(N)cc1. The highest BCUT2D eigenvalue weighted by Gasteiger charge is 2.20. The molecule has 1 aromatic carbocycles. The van der Waals surface area contributed by atoms with Crippen molar-refractivity contribution in [1.82, 2.24) is 4.90 Å². The van der Waals surface area contributed by atoms with E-state index < -0.39 is 6.10 Å². The number of methoxy groups -OCH3 is 1. The van der Waals surface area contributed by atoms with Crippen LogP contribution in [0.15, 0.2) is 24.3 Å². The molecule has 2 atom stereocenters. The summed E-state index contributed by atoms with van der Waals surface area (Å²) in [5.41, 5.74) is 6.93. The van der Waals surface area contributed by atoms with Gasteiger partial charge in [-0.1, -0.05) is 0 Å². The van der Waals surface area contributed by atoms with Gasteiger partial charge >= 0.3 is 0 Å². The molecular formula is C14H23N3O3. The van der Waals surface area contributed by atoms with Crippen LogP contribution in [0.4, 0.5) is 11.4 Å². The normalized spacial score (nSPS) is 14.1. The Hall–Kier alpha value is -1.63. The lowest BCUT2D eigenvalue weighted by atomic mass is 10.2. The first-order chi connectivity index (χ1) is 9.43. The third-order valence-electron chi connectivity index (χ3n) is 3.08. The van der Waals surface area contributed by atoms with Crippen LogP contribution in [0.1, 0.15) is 6.92 Å². The van der Waals surface area contributed by atoms with E-state index in [1.165, 1.54) is 7.11 Å². The van der Waals surface area contributed by atoms with Gasteiger partial charge in [-0.3, -0.25) is 9.69 Å². The molecule has 0 spiro atoms. The average molecular weight is 281 g/mol. The molecule has 0 fully saturated rings. The average Bonchev–Trinajstić information content (AvgIpc) is 2.40. The van der Waals surface area contributed by atoms with E-state index in [-0.39, 0.29) is 18.6 Å². The summed E-state index contributed by atoms with van der Waals surface area (Å²) in [6.07, 6.45) is -0.614. The van der Waals surface area contributed by atoms with Crippen LogP contribution in [0.2, 0.25) is 0 Å². The molecule has 0 bridgehead atoms. The summed E-state index contributed by atoms with van der Waals surface area (Å²) >= 11 is 0. The van der Waals surface area contributed by atoms with E-state index in [0.717, 1.165) is 0 Å². The van der Waals surface area contributed by atoms with Crippen molar-refractivity contribution in [1.29, 1.82) is 0 Å². The van der Waals surface area contributed by atoms with Crippen molar-refractivity contribution in [2.75, 3.05) is 38.4 Å². The van der Waals surface area contributed by atoms with Gasteiger partial charge in [-0.25, -0.2) is 0 Å². The standard InChI is InChI=1S/C14H23N3O3/c1-10(17(2)8-13(18)9-20-3)14(19)16-12-6-4-11(15)5-7-12/h4-7,10,13,18H,8-9,15H2,1-3H3,(H,16,19). The molecule has 20 heavy (non-hydrogen) atoms. The number of amides is 1. The first-order valence-corrected chi connectivity index (χ1v) is 6.47. The van der Waals surface area contributed by atoms with Crippen LogP contribution < -0.4 is 11.1 Å². The molecular weight excluding hydrogens is 258 g/mol. The predicted molar refractivity (Wildman–Crippen MR) is 79.5 cm³/mol. The number of anilines is 2. The number of ether oxygens (including phenoxy) is 1. The number of nitrogens with one attached hydrogen (secondary N) is 1. The van der Waals surface area contributed by atoms with Crippen LogP contribution in [0.5, 0.6) is 0 Å². The predicted octanol–water partition coefficient (Wildman–Crippen LogP) is 0.535. The van der Waals surface area contributed by atoms with E-state index >= 15 is 0 Å². The second-order valence-electron chi connectivity index (χ2n) is 4.84. The number of rotatable bonds is 7. The third-order valence-corrected chi connectivity index (χ3v) is 3.08. The Kier molecular flexibility index (Phi) is 6.44. The van der Waals surface area contributed by atoms with Crippen LogP contribution >= 0.6 is 0 Å². The molecule has 1 amide bonds. The van der Waals surface area contributed by atoms with E-state index in [2.05, 4.69) is 5.32 Å². The van der Waals surface area contributed by atoms with Crippen molar-refractivity contribution >= 4 is 17.3 Å². The van der Waals surface area contributed by atoms with Gasteiger partial charge in [0.2, 0.25) is 5.91 Å². The number of nitrogens with two attached hydrogens (primary N) is 1. The second-order valence-corrected chi connectivity index (χ2v) is 4.84. The number of aliphatic hydroxyl groups excluding tert-OH is 1. The fourth-order valence-electron chi connectivity index (χ4n) is 1.75. The summed E-state index contributed by atoms with van der Waals surface area (Å²) in [7, 11) is 3.31. The monoisotopic (exact) mass is 281 g/mol. The van der Waals surface area contributed by atoms with Gasteiger partial charge in [-0.05, 0) is 38.2 Å². The van der Waals surface area contributed by atoms with Gasteiger partial charge in [-0.15, -0.1) is 0 Å². The maximum absolute atomic E-state index is 12.1. The van der Waals surface area contributed by atoms with Crippen molar-refractivity contribution in [3.8, 4) is 0 Å². The zero-order valence-corrected chi connectivity index (χ0v) is 12.2. The van der Waals surface area contributed by atoms with Gasteiger partial charge in [0.05, 0.1) is 18.8 Å². The number of benzene rings is 1. The third kappa shape index (κ3) is 5.16. The number of hydrogen-bond acceptors (Lipinski definition) is 5. The van der Waals surface area contributed by atoms with E-state index in [9.17, 15) is 9.90 Å². The first-order valence-electron chi connectivity index (χ1n) is 6.47. The molecule has 0 aromatic heterocycles. The molecule has 6 nitrogen and oxygen atoms in total. The van der Waals surface area contributed by atoms with E-state index in [0.29, 0.717) is 17.9 Å². The van der Waals surface area contributed by atoms with Crippen molar-refractivity contribution in [3.05, 3.63) is 24.3 Å². The van der Waals surface area contributed by atoms with Crippen LogP contribution in [0, 0.1) is 0 Å². The smallest absolute Gasteiger partial charge is 0.241 e. The number of carbonyl (C=O) groups is 1. The highest BCUT2D eigenvalue weighted by molar-refractivity contribution is 5.94. The number of nitrogens with zero attached hydrogens (tertiary/aromatic N) is 1. The Labute approximate surface area is 119 Å². The lowest BCUT2D eigenvalue weighted by molar-refractivity contribution is -0.120. The zero-order chi connectivity index (χ0) is 15.1. The number of aliphatic hydroxyl groups is 1. The van der Waals surface area contributed by atoms with Gasteiger partial charge in [0.25, 0.3) is 0 Å². The Bertz CT molecular complexity index is 422. The van der Waals surface area contributed by atoms with Crippen molar-refractivity contribution in [3.63, 3.8) is 0 Å². The van der Waals surface area contributed by atoms with Gasteiger partial charge in [0.1, 0.15) is 0 Å². The van der Waals surface area contributed by atoms with Crippen LogP contribution in [-0.4, -0.2) is 55.4 Å². The summed E-state index contributed by atoms with van der Waals surface area (Å²) in [6.45, 7) is 2.40. The molecule has 0 saturated carbocycles. The number of likely N-dealkylation sites (N-methyl/N-ethyl adjacent to an activating group) is 1. The van der Waals surface area contributed by atoms with Crippen molar-refractivity contribution in [2.24, 2.45) is 0 Å². The number of nitrogen functional groups attached to an aromatic ring is 1. The first kappa shape index (κ1) is 16.4. The Morgan fingerprint density at radius 2 is 2.05 bits per heavy atom. The van der Waals surface area contributed by atoms with Crippen LogP contribution in [0.3, 0.4) is 0 Å². The van der Waals surface area contributed by atoms with Crippen molar-refractivity contribution in [2.45, 2.75) is 19.1 Å². The maximum Gasteiger partial charge on any atom is 0.241 e. The maximum atomic E-state index is 12.1. The summed E-state index contributed by atoms with van der Waals surface area (Å²) in [5.74, 6) is -0.137. The van der Waals surface area contributed by atoms with E-state index in [1.54, 1.807) is 43.1 Å². The summed E-state index contributed by atoms with van der Waals surface area (Å²) < 4.78 is 4.86. The minimum atomic E-state index is -0.614. The molecule has 0 radical (unpaired) electrons. The molecule has 2 unspecified atom stereocenters. The molecule has 0 aliphatic rings. The summed E-state index contributed by atoms with van der Waals surface area (Å²) in [4.78, 5) is 13.9. The Morgan fingerprint density at radius 3 is 2.60 bits per heavy atom. The van der Waals surface area contributed by atoms with E-state index in [4.69, 9.17) is 10.5 Å². The van der Waals surface area contributed by atoms with Crippen molar-refractivity contribution < 1.29 is 14.6 Å². The Morgan fingerprint density at radius 1 is 1.45 bits per heavy atom. The van der Waals surface area contributed by atoms with Crippen LogP contribution in [-0.2, 0) is 9.53 Å². The summed E-state index contributed by atoms with van der Waals surface area (Å²) in [5, 5.41) is 12.5. The van der Waals surface area contributed by atoms with Gasteiger partial charge < -0.3 is 20.9 Å². The topological polar surface area (TPSA) is 87.8 Å². The molecule has 1 aromatic rings. The molecule has 0 aliphatic heterocycles. The Balaban J connectivity index is 2.51.